The predicted octanol–water partition coefficient (Wildman–Crippen LogP) is 2.76. The highest BCUT2D eigenvalue weighted by Gasteiger charge is 2.54. The van der Waals surface area contributed by atoms with Gasteiger partial charge in [-0.25, -0.2) is 4.79 Å². The maximum Gasteiger partial charge on any atom is 0.322 e. The Kier molecular flexibility index (Phi) is 2.80. The number of fused-ring (bicyclic) bond motifs is 3. The zero-order chi connectivity index (χ0) is 16.5. The van der Waals surface area contributed by atoms with Crippen molar-refractivity contribution in [3.8, 4) is 5.75 Å². The standard InChI is InChI=1S/C18H17BrN2O3/c19-14-9-11-8-13-10(1-6-24-13)7-12(11)17(14)2-4-18(5-3-17)15(22)20-16(23)21-18/h7-9H,1-6H2,(H2,20,21,22,23). The fraction of sp³-hybridized carbons (Fsp3) is 0.444. The van der Waals surface area contributed by atoms with E-state index in [0.29, 0.717) is 12.8 Å². The summed E-state index contributed by atoms with van der Waals surface area (Å²) in [5.41, 5.74) is 3.01. The number of ether oxygens (including phenoxy) is 1. The van der Waals surface area contributed by atoms with E-state index < -0.39 is 5.54 Å². The molecule has 3 amide bonds. The molecule has 5 rings (SSSR count). The maximum atomic E-state index is 12.2. The van der Waals surface area contributed by atoms with E-state index in [1.165, 1.54) is 21.2 Å². The summed E-state index contributed by atoms with van der Waals surface area (Å²) in [7, 11) is 0. The van der Waals surface area contributed by atoms with Crippen molar-refractivity contribution in [2.75, 3.05) is 6.61 Å². The third-order valence-electron chi connectivity index (χ3n) is 6.09. The smallest absolute Gasteiger partial charge is 0.322 e. The summed E-state index contributed by atoms with van der Waals surface area (Å²) in [6.07, 6.45) is 6.12. The largest absolute Gasteiger partial charge is 0.493 e. The number of imide groups is 1. The lowest BCUT2D eigenvalue weighted by Crippen LogP contribution is -2.52. The van der Waals surface area contributed by atoms with Crippen LogP contribution in [0, 0.1) is 0 Å². The van der Waals surface area contributed by atoms with E-state index >= 15 is 0 Å². The first-order valence-electron chi connectivity index (χ1n) is 8.34. The topological polar surface area (TPSA) is 67.4 Å². The fourth-order valence-electron chi connectivity index (χ4n) is 4.67. The Morgan fingerprint density at radius 2 is 1.92 bits per heavy atom. The second-order valence-corrected chi connectivity index (χ2v) is 8.06. The molecule has 0 bridgehead atoms. The van der Waals surface area contributed by atoms with E-state index in [1.54, 1.807) is 0 Å². The summed E-state index contributed by atoms with van der Waals surface area (Å²) in [5, 5.41) is 5.24. The number of amides is 3. The Morgan fingerprint density at radius 1 is 1.12 bits per heavy atom. The first-order chi connectivity index (χ1) is 11.5. The van der Waals surface area contributed by atoms with Crippen LogP contribution in [0.3, 0.4) is 0 Å². The molecular weight excluding hydrogens is 372 g/mol. The second-order valence-electron chi connectivity index (χ2n) is 7.21. The highest BCUT2D eigenvalue weighted by molar-refractivity contribution is 9.11. The number of rotatable bonds is 0. The number of urea groups is 1. The van der Waals surface area contributed by atoms with Gasteiger partial charge in [0.15, 0.2) is 0 Å². The molecule has 5 nitrogen and oxygen atoms in total. The van der Waals surface area contributed by atoms with Crippen LogP contribution in [0.2, 0.25) is 0 Å². The van der Waals surface area contributed by atoms with Gasteiger partial charge in [-0.3, -0.25) is 10.1 Å². The third-order valence-corrected chi connectivity index (χ3v) is 7.08. The van der Waals surface area contributed by atoms with E-state index in [0.717, 1.165) is 31.6 Å². The highest BCUT2D eigenvalue weighted by atomic mass is 79.9. The second kappa shape index (κ2) is 4.63. The molecule has 24 heavy (non-hydrogen) atoms. The van der Waals surface area contributed by atoms with Gasteiger partial charge < -0.3 is 10.1 Å². The van der Waals surface area contributed by atoms with Crippen molar-refractivity contribution < 1.29 is 14.3 Å². The normalized spacial score (nSPS) is 33.1. The van der Waals surface area contributed by atoms with E-state index in [1.807, 2.05) is 0 Å². The molecular formula is C18H17BrN2O3. The van der Waals surface area contributed by atoms with Crippen molar-refractivity contribution >= 4 is 33.9 Å². The van der Waals surface area contributed by atoms with Crippen molar-refractivity contribution in [2.45, 2.75) is 43.1 Å². The van der Waals surface area contributed by atoms with Gasteiger partial charge in [-0.05, 0) is 54.5 Å². The molecule has 0 aromatic heterocycles. The molecule has 2 heterocycles. The average molecular weight is 389 g/mol. The summed E-state index contributed by atoms with van der Waals surface area (Å²) in [6.45, 7) is 0.755. The minimum Gasteiger partial charge on any atom is -0.493 e. The number of benzene rings is 1. The number of carbonyl (C=O) groups excluding carboxylic acids is 2. The number of hydrogen-bond donors (Lipinski definition) is 2. The molecule has 0 unspecified atom stereocenters. The number of allylic oxidation sites excluding steroid dienone is 1. The summed E-state index contributed by atoms with van der Waals surface area (Å²) in [4.78, 5) is 23.8. The molecule has 2 fully saturated rings. The average Bonchev–Trinajstić information content (AvgIpc) is 3.18. The van der Waals surface area contributed by atoms with Gasteiger partial charge in [0.2, 0.25) is 0 Å². The molecule has 1 saturated heterocycles. The molecule has 4 aliphatic rings. The molecule has 1 saturated carbocycles. The first kappa shape index (κ1) is 14.5. The van der Waals surface area contributed by atoms with Crippen LogP contribution in [0.1, 0.15) is 42.4 Å². The minimum atomic E-state index is -0.724. The molecule has 2 N–H and O–H groups in total. The number of nitrogens with one attached hydrogen (secondary N) is 2. The quantitative estimate of drug-likeness (QED) is 0.671. The minimum absolute atomic E-state index is 0.0776. The molecule has 6 heteroatoms. The van der Waals surface area contributed by atoms with Gasteiger partial charge >= 0.3 is 6.03 Å². The van der Waals surface area contributed by atoms with Gasteiger partial charge in [0.1, 0.15) is 11.3 Å². The highest BCUT2D eigenvalue weighted by Crippen LogP contribution is 2.56. The maximum absolute atomic E-state index is 12.2. The third kappa shape index (κ3) is 1.75. The number of halogens is 1. The summed E-state index contributed by atoms with van der Waals surface area (Å²) in [5.74, 6) is 0.820. The Labute approximate surface area is 148 Å². The lowest BCUT2D eigenvalue weighted by atomic mass is 9.65. The van der Waals surface area contributed by atoms with Crippen molar-refractivity contribution in [2.24, 2.45) is 0 Å². The van der Waals surface area contributed by atoms with Gasteiger partial charge in [0, 0.05) is 16.3 Å². The molecule has 1 aromatic rings. The fourth-order valence-corrected chi connectivity index (χ4v) is 5.53. The van der Waals surface area contributed by atoms with E-state index in [2.05, 4.69) is 44.8 Å². The van der Waals surface area contributed by atoms with Gasteiger partial charge in [0.05, 0.1) is 6.61 Å². The van der Waals surface area contributed by atoms with Crippen LogP contribution in [0.15, 0.2) is 16.6 Å². The Bertz CT molecular complexity index is 822. The van der Waals surface area contributed by atoms with Crippen LogP contribution in [0.25, 0.3) is 6.08 Å². The van der Waals surface area contributed by atoms with Crippen molar-refractivity contribution in [3.05, 3.63) is 33.3 Å². The Hall–Kier alpha value is -1.82. The lowest BCUT2D eigenvalue weighted by molar-refractivity contribution is -0.125. The number of carbonyl (C=O) groups is 2. The van der Waals surface area contributed by atoms with Crippen LogP contribution in [-0.4, -0.2) is 24.1 Å². The monoisotopic (exact) mass is 388 g/mol. The van der Waals surface area contributed by atoms with Crippen LogP contribution in [0.5, 0.6) is 5.75 Å². The van der Waals surface area contributed by atoms with Crippen LogP contribution in [-0.2, 0) is 16.6 Å². The molecule has 2 aliphatic heterocycles. The van der Waals surface area contributed by atoms with Crippen molar-refractivity contribution in [1.82, 2.24) is 10.6 Å². The lowest BCUT2D eigenvalue weighted by Gasteiger charge is -2.42. The van der Waals surface area contributed by atoms with E-state index in [9.17, 15) is 9.59 Å². The summed E-state index contributed by atoms with van der Waals surface area (Å²) < 4.78 is 6.87. The van der Waals surface area contributed by atoms with Crippen molar-refractivity contribution in [1.29, 1.82) is 0 Å². The zero-order valence-corrected chi connectivity index (χ0v) is 14.7. The van der Waals surface area contributed by atoms with Crippen LogP contribution < -0.4 is 15.4 Å². The van der Waals surface area contributed by atoms with Crippen molar-refractivity contribution in [3.63, 3.8) is 0 Å². The predicted molar refractivity (Wildman–Crippen MR) is 92.1 cm³/mol. The Morgan fingerprint density at radius 3 is 2.62 bits per heavy atom. The van der Waals surface area contributed by atoms with Crippen LogP contribution >= 0.6 is 15.9 Å². The molecule has 124 valence electrons. The summed E-state index contributed by atoms with van der Waals surface area (Å²) >= 11 is 3.78. The molecule has 1 aromatic carbocycles. The van der Waals surface area contributed by atoms with Gasteiger partial charge in [-0.1, -0.05) is 22.0 Å². The van der Waals surface area contributed by atoms with E-state index in [4.69, 9.17) is 4.74 Å². The van der Waals surface area contributed by atoms with Gasteiger partial charge in [0.25, 0.3) is 5.91 Å². The molecule has 0 atom stereocenters. The summed E-state index contributed by atoms with van der Waals surface area (Å²) in [6, 6.07) is 4.06. The zero-order valence-electron chi connectivity index (χ0n) is 13.1. The van der Waals surface area contributed by atoms with E-state index in [-0.39, 0.29) is 17.4 Å². The molecule has 0 radical (unpaired) electrons. The number of hydrogen-bond acceptors (Lipinski definition) is 3. The molecule has 2 spiro atoms. The van der Waals surface area contributed by atoms with Crippen LogP contribution in [0.4, 0.5) is 4.79 Å². The Balaban J connectivity index is 1.52. The first-order valence-corrected chi connectivity index (χ1v) is 9.13. The SMILES string of the molecule is O=C1NC(=O)C2(CCC3(CC2)C(Br)=Cc2cc4c(cc23)CCO4)N1. The molecule has 2 aliphatic carbocycles. The van der Waals surface area contributed by atoms with Gasteiger partial charge in [-0.2, -0.15) is 0 Å². The van der Waals surface area contributed by atoms with Gasteiger partial charge in [-0.15, -0.1) is 0 Å².